The number of thioether (sulfide) groups is 1. The molecule has 1 heterocycles. The summed E-state index contributed by atoms with van der Waals surface area (Å²) in [6, 6.07) is 17.6. The Kier molecular flexibility index (Phi) is 5.78. The van der Waals surface area contributed by atoms with E-state index in [2.05, 4.69) is 20.8 Å². The molecule has 0 aliphatic heterocycles. The summed E-state index contributed by atoms with van der Waals surface area (Å²) in [5.74, 6) is 0.581. The summed E-state index contributed by atoms with van der Waals surface area (Å²) in [4.78, 5) is 13.1. The Balaban J connectivity index is 1.52. The van der Waals surface area contributed by atoms with Crippen LogP contribution in [0.2, 0.25) is 0 Å². The molecule has 1 aliphatic rings. The van der Waals surface area contributed by atoms with E-state index in [9.17, 15) is 4.79 Å². The quantitative estimate of drug-likeness (QED) is 0.527. The van der Waals surface area contributed by atoms with E-state index in [1.807, 2.05) is 48.5 Å². The number of hydrogen-bond acceptors (Lipinski definition) is 7. The highest BCUT2D eigenvalue weighted by Gasteiger charge is 2.26. The number of carbonyl (C=O) groups is 1. The van der Waals surface area contributed by atoms with Crippen molar-refractivity contribution in [1.82, 2.24) is 10.2 Å². The van der Waals surface area contributed by atoms with Gasteiger partial charge in [0.15, 0.2) is 4.34 Å². The minimum atomic E-state index is -0.436. The van der Waals surface area contributed by atoms with Gasteiger partial charge in [-0.2, -0.15) is 0 Å². The Hall–Kier alpha value is -2.58. The van der Waals surface area contributed by atoms with Crippen molar-refractivity contribution in [2.75, 3.05) is 17.7 Å². The van der Waals surface area contributed by atoms with Crippen LogP contribution in [0.5, 0.6) is 5.75 Å². The van der Waals surface area contributed by atoms with Gasteiger partial charge in [0, 0.05) is 17.8 Å². The maximum absolute atomic E-state index is 13.1. The topological polar surface area (TPSA) is 76.1 Å². The Morgan fingerprint density at radius 1 is 1.18 bits per heavy atom. The van der Waals surface area contributed by atoms with Crippen LogP contribution < -0.4 is 15.4 Å². The van der Waals surface area contributed by atoms with Crippen molar-refractivity contribution in [2.24, 2.45) is 0 Å². The molecule has 1 aliphatic carbocycles. The summed E-state index contributed by atoms with van der Waals surface area (Å²) < 4.78 is 6.00. The lowest BCUT2D eigenvalue weighted by atomic mass is 10.1. The third-order valence-corrected chi connectivity index (χ3v) is 6.40. The minimum Gasteiger partial charge on any atom is -0.497 e. The van der Waals surface area contributed by atoms with E-state index in [0.29, 0.717) is 17.5 Å². The largest absolute Gasteiger partial charge is 0.497 e. The number of anilines is 2. The van der Waals surface area contributed by atoms with Crippen LogP contribution in [-0.2, 0) is 4.79 Å². The number of ether oxygens (including phenoxy) is 1. The SMILES string of the molecule is COc1cccc(NC(=O)C(Sc2nnc(NC3CC3)s2)c2ccccc2)c1. The van der Waals surface area contributed by atoms with E-state index < -0.39 is 5.25 Å². The molecule has 2 aromatic carbocycles. The molecule has 8 heteroatoms. The molecule has 2 N–H and O–H groups in total. The molecule has 0 radical (unpaired) electrons. The molecular formula is C20H20N4O2S2. The standard InChI is InChI=1S/C20H20N4O2S2/c1-26-16-9-5-8-15(12-16)21-18(25)17(13-6-3-2-4-7-13)27-20-24-23-19(28-20)22-14-10-11-14/h2-9,12,14,17H,10-11H2,1H3,(H,21,25)(H,22,23). The molecule has 1 amide bonds. The van der Waals surface area contributed by atoms with E-state index in [0.717, 1.165) is 15.0 Å². The molecular weight excluding hydrogens is 392 g/mol. The first-order valence-corrected chi connectivity index (χ1v) is 10.7. The fourth-order valence-electron chi connectivity index (χ4n) is 2.63. The first-order valence-electron chi connectivity index (χ1n) is 8.98. The van der Waals surface area contributed by atoms with Crippen molar-refractivity contribution in [1.29, 1.82) is 0 Å². The smallest absolute Gasteiger partial charge is 0.242 e. The third-order valence-electron chi connectivity index (χ3n) is 4.21. The average molecular weight is 413 g/mol. The first kappa shape index (κ1) is 18.8. The zero-order valence-electron chi connectivity index (χ0n) is 15.3. The van der Waals surface area contributed by atoms with Crippen LogP contribution in [-0.4, -0.2) is 29.3 Å². The van der Waals surface area contributed by atoms with Crippen molar-refractivity contribution in [3.05, 3.63) is 60.2 Å². The number of aromatic nitrogens is 2. The summed E-state index contributed by atoms with van der Waals surface area (Å²) in [6.45, 7) is 0. The maximum atomic E-state index is 13.1. The lowest BCUT2D eigenvalue weighted by Gasteiger charge is -2.16. The number of nitrogens with zero attached hydrogens (tertiary/aromatic N) is 2. The van der Waals surface area contributed by atoms with Crippen molar-refractivity contribution < 1.29 is 9.53 Å². The van der Waals surface area contributed by atoms with Crippen LogP contribution in [0, 0.1) is 0 Å². The lowest BCUT2D eigenvalue weighted by molar-refractivity contribution is -0.115. The van der Waals surface area contributed by atoms with E-state index >= 15 is 0 Å². The molecule has 1 atom stereocenters. The molecule has 1 fully saturated rings. The number of nitrogens with one attached hydrogen (secondary N) is 2. The monoisotopic (exact) mass is 412 g/mol. The normalized spacial score (nSPS) is 14.3. The van der Waals surface area contributed by atoms with Crippen LogP contribution in [0.3, 0.4) is 0 Å². The van der Waals surface area contributed by atoms with Gasteiger partial charge in [-0.15, -0.1) is 10.2 Å². The number of methoxy groups -OCH3 is 1. The molecule has 0 saturated heterocycles. The molecule has 144 valence electrons. The van der Waals surface area contributed by atoms with Crippen LogP contribution in [0.25, 0.3) is 0 Å². The molecule has 1 aromatic heterocycles. The number of rotatable bonds is 8. The van der Waals surface area contributed by atoms with Crippen LogP contribution in [0.1, 0.15) is 23.7 Å². The molecule has 28 heavy (non-hydrogen) atoms. The fourth-order valence-corrected chi connectivity index (χ4v) is 4.65. The van der Waals surface area contributed by atoms with Crippen molar-refractivity contribution in [2.45, 2.75) is 28.5 Å². The molecule has 4 rings (SSSR count). The Labute approximate surface area is 171 Å². The highest BCUT2D eigenvalue weighted by atomic mass is 32.2. The minimum absolute atomic E-state index is 0.114. The second kappa shape index (κ2) is 8.62. The predicted octanol–water partition coefficient (Wildman–Crippen LogP) is 4.59. The van der Waals surface area contributed by atoms with Gasteiger partial charge in [0.1, 0.15) is 11.0 Å². The van der Waals surface area contributed by atoms with E-state index in [1.54, 1.807) is 13.2 Å². The van der Waals surface area contributed by atoms with Crippen molar-refractivity contribution >= 4 is 39.8 Å². The molecule has 1 saturated carbocycles. The lowest BCUT2D eigenvalue weighted by Crippen LogP contribution is -2.19. The average Bonchev–Trinajstić information content (AvgIpc) is 3.43. The van der Waals surface area contributed by atoms with E-state index in [-0.39, 0.29) is 5.91 Å². The van der Waals surface area contributed by atoms with Crippen LogP contribution in [0.15, 0.2) is 58.9 Å². The zero-order chi connectivity index (χ0) is 19.3. The van der Waals surface area contributed by atoms with Gasteiger partial charge in [-0.25, -0.2) is 0 Å². The maximum Gasteiger partial charge on any atom is 0.242 e. The molecule has 0 spiro atoms. The summed E-state index contributed by atoms with van der Waals surface area (Å²) in [7, 11) is 1.60. The van der Waals surface area contributed by atoms with Gasteiger partial charge in [-0.05, 0) is 30.5 Å². The number of carbonyl (C=O) groups excluding carboxylic acids is 1. The van der Waals surface area contributed by atoms with Gasteiger partial charge < -0.3 is 15.4 Å². The fraction of sp³-hybridized carbons (Fsp3) is 0.250. The van der Waals surface area contributed by atoms with Crippen LogP contribution in [0.4, 0.5) is 10.8 Å². The van der Waals surface area contributed by atoms with Gasteiger partial charge in [0.05, 0.1) is 7.11 Å². The van der Waals surface area contributed by atoms with Crippen molar-refractivity contribution in [3.8, 4) is 5.75 Å². The Bertz CT molecular complexity index is 944. The second-order valence-corrected chi connectivity index (χ2v) is 8.75. The molecule has 0 bridgehead atoms. The van der Waals surface area contributed by atoms with Gasteiger partial charge in [0.2, 0.25) is 11.0 Å². The Morgan fingerprint density at radius 2 is 2.00 bits per heavy atom. The van der Waals surface area contributed by atoms with Gasteiger partial charge in [-0.3, -0.25) is 4.79 Å². The third kappa shape index (κ3) is 4.82. The first-order chi connectivity index (χ1) is 13.7. The molecule has 1 unspecified atom stereocenters. The zero-order valence-corrected chi connectivity index (χ0v) is 16.9. The van der Waals surface area contributed by atoms with E-state index in [4.69, 9.17) is 4.74 Å². The summed E-state index contributed by atoms with van der Waals surface area (Å²) >= 11 is 2.89. The number of hydrogen-bond donors (Lipinski definition) is 2. The summed E-state index contributed by atoms with van der Waals surface area (Å²) in [6.07, 6.45) is 2.36. The second-order valence-electron chi connectivity index (χ2n) is 6.42. The molecule has 6 nitrogen and oxygen atoms in total. The van der Waals surface area contributed by atoms with Gasteiger partial charge in [-0.1, -0.05) is 59.5 Å². The van der Waals surface area contributed by atoms with E-state index in [1.165, 1.54) is 35.9 Å². The highest BCUT2D eigenvalue weighted by molar-refractivity contribution is 8.02. The number of benzene rings is 2. The molecule has 3 aromatic rings. The predicted molar refractivity (Wildman–Crippen MR) is 113 cm³/mol. The van der Waals surface area contributed by atoms with Gasteiger partial charge >= 0.3 is 0 Å². The summed E-state index contributed by atoms with van der Waals surface area (Å²) in [5, 5.41) is 15.2. The number of amides is 1. The Morgan fingerprint density at radius 3 is 2.75 bits per heavy atom. The van der Waals surface area contributed by atoms with Crippen molar-refractivity contribution in [3.63, 3.8) is 0 Å². The highest BCUT2D eigenvalue weighted by Crippen LogP contribution is 2.39. The summed E-state index contributed by atoms with van der Waals surface area (Å²) in [5.41, 5.74) is 1.61. The van der Waals surface area contributed by atoms with Gasteiger partial charge in [0.25, 0.3) is 0 Å². The van der Waals surface area contributed by atoms with Crippen LogP contribution >= 0.6 is 23.1 Å².